The minimum Gasteiger partial charge on any atom is -0.324 e. The van der Waals surface area contributed by atoms with E-state index in [1.165, 1.54) is 0 Å². The Hall–Kier alpha value is -0.860. The van der Waals surface area contributed by atoms with E-state index in [4.69, 9.17) is 17.3 Å². The van der Waals surface area contributed by atoms with Crippen molar-refractivity contribution in [1.82, 2.24) is 0 Å². The Balaban J connectivity index is 2.50. The summed E-state index contributed by atoms with van der Waals surface area (Å²) < 4.78 is 0. The summed E-state index contributed by atoms with van der Waals surface area (Å²) >= 11 is 5.78. The third-order valence-corrected chi connectivity index (χ3v) is 2.04. The van der Waals surface area contributed by atoms with Crippen molar-refractivity contribution in [2.45, 2.75) is 12.8 Å². The molecule has 0 saturated heterocycles. The SMILES string of the molecule is NCC(=O)CCc1cccc(Cl)c1. The van der Waals surface area contributed by atoms with Crippen molar-refractivity contribution < 1.29 is 4.79 Å². The number of hydrogen-bond acceptors (Lipinski definition) is 2. The van der Waals surface area contributed by atoms with E-state index < -0.39 is 0 Å². The summed E-state index contributed by atoms with van der Waals surface area (Å²) in [6.07, 6.45) is 1.22. The van der Waals surface area contributed by atoms with Gasteiger partial charge in [0.05, 0.1) is 6.54 Å². The van der Waals surface area contributed by atoms with Crippen LogP contribution in [0.25, 0.3) is 0 Å². The zero-order chi connectivity index (χ0) is 9.68. The van der Waals surface area contributed by atoms with Crippen molar-refractivity contribution in [3.63, 3.8) is 0 Å². The molecule has 0 amide bonds. The van der Waals surface area contributed by atoms with Gasteiger partial charge < -0.3 is 5.73 Å². The minimum atomic E-state index is 0.0833. The lowest BCUT2D eigenvalue weighted by Crippen LogP contribution is -2.13. The highest BCUT2D eigenvalue weighted by atomic mass is 35.5. The molecular weight excluding hydrogens is 186 g/mol. The predicted octanol–water partition coefficient (Wildman–Crippen LogP) is 1.80. The first-order chi connectivity index (χ1) is 6.22. The van der Waals surface area contributed by atoms with Crippen LogP contribution in [0.2, 0.25) is 5.02 Å². The second kappa shape index (κ2) is 5.00. The fourth-order valence-corrected chi connectivity index (χ4v) is 1.29. The molecule has 0 bridgehead atoms. The molecule has 1 aromatic carbocycles. The van der Waals surface area contributed by atoms with Crippen LogP contribution in [0.3, 0.4) is 0 Å². The summed E-state index contributed by atoms with van der Waals surface area (Å²) in [5, 5.41) is 0.706. The highest BCUT2D eigenvalue weighted by molar-refractivity contribution is 6.30. The standard InChI is InChI=1S/C10H12ClNO/c11-9-3-1-2-8(6-9)4-5-10(13)7-12/h1-3,6H,4-5,7,12H2. The quantitative estimate of drug-likeness (QED) is 0.800. The van der Waals surface area contributed by atoms with Gasteiger partial charge in [-0.15, -0.1) is 0 Å². The molecule has 0 fully saturated rings. The Morgan fingerprint density at radius 3 is 2.85 bits per heavy atom. The van der Waals surface area contributed by atoms with Crippen molar-refractivity contribution in [3.05, 3.63) is 34.9 Å². The molecule has 0 spiro atoms. The van der Waals surface area contributed by atoms with Gasteiger partial charge in [0.15, 0.2) is 0 Å². The maximum absolute atomic E-state index is 10.9. The van der Waals surface area contributed by atoms with Gasteiger partial charge in [0.25, 0.3) is 0 Å². The van der Waals surface area contributed by atoms with Crippen LogP contribution in [0.5, 0.6) is 0 Å². The molecule has 0 atom stereocenters. The Morgan fingerprint density at radius 2 is 2.23 bits per heavy atom. The Morgan fingerprint density at radius 1 is 1.46 bits per heavy atom. The summed E-state index contributed by atoms with van der Waals surface area (Å²) in [7, 11) is 0. The van der Waals surface area contributed by atoms with Crippen molar-refractivity contribution in [1.29, 1.82) is 0 Å². The van der Waals surface area contributed by atoms with Crippen LogP contribution in [-0.2, 0) is 11.2 Å². The van der Waals surface area contributed by atoms with Crippen LogP contribution in [0, 0.1) is 0 Å². The van der Waals surface area contributed by atoms with Crippen molar-refractivity contribution in [2.24, 2.45) is 5.73 Å². The number of carbonyl (C=O) groups is 1. The van der Waals surface area contributed by atoms with E-state index in [9.17, 15) is 4.79 Å². The lowest BCUT2D eigenvalue weighted by molar-refractivity contribution is -0.117. The molecule has 70 valence electrons. The molecule has 3 heteroatoms. The predicted molar refractivity (Wildman–Crippen MR) is 53.8 cm³/mol. The van der Waals surface area contributed by atoms with Crippen molar-refractivity contribution in [2.75, 3.05) is 6.54 Å². The smallest absolute Gasteiger partial charge is 0.146 e. The van der Waals surface area contributed by atoms with Crippen molar-refractivity contribution in [3.8, 4) is 0 Å². The van der Waals surface area contributed by atoms with E-state index in [2.05, 4.69) is 0 Å². The zero-order valence-electron chi connectivity index (χ0n) is 7.29. The van der Waals surface area contributed by atoms with Crippen LogP contribution in [0.4, 0.5) is 0 Å². The average molecular weight is 198 g/mol. The molecule has 0 aromatic heterocycles. The van der Waals surface area contributed by atoms with Gasteiger partial charge in [0.2, 0.25) is 0 Å². The minimum absolute atomic E-state index is 0.0833. The Bertz CT molecular complexity index is 299. The molecule has 0 aliphatic rings. The van der Waals surface area contributed by atoms with Gasteiger partial charge in [-0.05, 0) is 24.1 Å². The van der Waals surface area contributed by atoms with Gasteiger partial charge in [-0.2, -0.15) is 0 Å². The Labute approximate surface area is 82.7 Å². The van der Waals surface area contributed by atoms with E-state index in [1.807, 2.05) is 24.3 Å². The van der Waals surface area contributed by atoms with Crippen LogP contribution in [0.1, 0.15) is 12.0 Å². The number of benzene rings is 1. The maximum Gasteiger partial charge on any atom is 0.146 e. The first kappa shape index (κ1) is 10.2. The number of aryl methyl sites for hydroxylation is 1. The lowest BCUT2D eigenvalue weighted by atomic mass is 10.1. The summed E-state index contributed by atoms with van der Waals surface area (Å²) in [6.45, 7) is 0.126. The molecule has 0 aliphatic carbocycles. The number of rotatable bonds is 4. The molecule has 2 nitrogen and oxygen atoms in total. The van der Waals surface area contributed by atoms with Gasteiger partial charge in [-0.1, -0.05) is 23.7 Å². The second-order valence-electron chi connectivity index (χ2n) is 2.87. The van der Waals surface area contributed by atoms with E-state index >= 15 is 0 Å². The van der Waals surface area contributed by atoms with E-state index in [1.54, 1.807) is 0 Å². The van der Waals surface area contributed by atoms with Gasteiger partial charge in [0.1, 0.15) is 5.78 Å². The van der Waals surface area contributed by atoms with Crippen LogP contribution >= 0.6 is 11.6 Å². The highest BCUT2D eigenvalue weighted by Crippen LogP contribution is 2.11. The Kier molecular flexibility index (Phi) is 3.93. The fraction of sp³-hybridized carbons (Fsp3) is 0.300. The topological polar surface area (TPSA) is 43.1 Å². The van der Waals surface area contributed by atoms with E-state index in [0.717, 1.165) is 12.0 Å². The van der Waals surface area contributed by atoms with Gasteiger partial charge >= 0.3 is 0 Å². The fourth-order valence-electron chi connectivity index (χ4n) is 1.08. The van der Waals surface area contributed by atoms with Gasteiger partial charge in [-0.25, -0.2) is 0 Å². The van der Waals surface area contributed by atoms with Crippen LogP contribution < -0.4 is 5.73 Å². The normalized spacial score (nSPS) is 10.0. The highest BCUT2D eigenvalue weighted by Gasteiger charge is 1.99. The number of nitrogens with two attached hydrogens (primary N) is 1. The maximum atomic E-state index is 10.9. The molecule has 0 unspecified atom stereocenters. The van der Waals surface area contributed by atoms with Crippen LogP contribution in [0.15, 0.2) is 24.3 Å². The zero-order valence-corrected chi connectivity index (χ0v) is 8.05. The summed E-state index contributed by atoms with van der Waals surface area (Å²) in [4.78, 5) is 10.9. The second-order valence-corrected chi connectivity index (χ2v) is 3.31. The summed E-state index contributed by atoms with van der Waals surface area (Å²) in [5.41, 5.74) is 6.27. The molecule has 0 saturated carbocycles. The molecule has 0 aliphatic heterocycles. The molecule has 13 heavy (non-hydrogen) atoms. The molecule has 1 rings (SSSR count). The number of carbonyl (C=O) groups excluding carboxylic acids is 1. The lowest BCUT2D eigenvalue weighted by Gasteiger charge is -1.99. The monoisotopic (exact) mass is 197 g/mol. The van der Waals surface area contributed by atoms with Crippen molar-refractivity contribution >= 4 is 17.4 Å². The third-order valence-electron chi connectivity index (χ3n) is 1.81. The molecule has 1 aromatic rings. The number of hydrogen-bond donors (Lipinski definition) is 1. The van der Waals surface area contributed by atoms with Crippen LogP contribution in [-0.4, -0.2) is 12.3 Å². The molecule has 2 N–H and O–H groups in total. The first-order valence-corrected chi connectivity index (χ1v) is 4.56. The number of Topliss-reactive ketones (excluding diaryl/α,β-unsaturated/α-hetero) is 1. The van der Waals surface area contributed by atoms with Gasteiger partial charge in [-0.3, -0.25) is 4.79 Å². The first-order valence-electron chi connectivity index (χ1n) is 4.18. The molecule has 0 radical (unpaired) electrons. The van der Waals surface area contributed by atoms with Gasteiger partial charge in [0, 0.05) is 11.4 Å². The number of ketones is 1. The largest absolute Gasteiger partial charge is 0.324 e. The molecular formula is C10H12ClNO. The van der Waals surface area contributed by atoms with E-state index in [0.29, 0.717) is 11.4 Å². The summed E-state index contributed by atoms with van der Waals surface area (Å²) in [5.74, 6) is 0.0833. The number of halogens is 1. The van der Waals surface area contributed by atoms with E-state index in [-0.39, 0.29) is 12.3 Å². The average Bonchev–Trinajstić information content (AvgIpc) is 2.14. The molecule has 0 heterocycles. The summed E-state index contributed by atoms with van der Waals surface area (Å²) in [6, 6.07) is 7.52. The third kappa shape index (κ3) is 3.57.